The zero-order valence-corrected chi connectivity index (χ0v) is 14.7. The Hall–Kier alpha value is -1.63. The number of hydrogen-bond donors (Lipinski definition) is 0. The van der Waals surface area contributed by atoms with Crippen LogP contribution in [0.4, 0.5) is 4.79 Å². The van der Waals surface area contributed by atoms with Crippen molar-refractivity contribution >= 4 is 15.9 Å². The number of pyridine rings is 1. The summed E-state index contributed by atoms with van der Waals surface area (Å²) in [5, 5.41) is 0. The Balaban J connectivity index is 2.00. The molecule has 23 heavy (non-hydrogen) atoms. The molecule has 7 heteroatoms. The second-order valence-corrected chi connectivity index (χ2v) is 8.93. The second kappa shape index (κ2) is 6.86. The van der Waals surface area contributed by atoms with E-state index >= 15 is 0 Å². The van der Waals surface area contributed by atoms with Crippen LogP contribution < -0.4 is 0 Å². The fraction of sp³-hybridized carbons (Fsp3) is 0.625. The highest BCUT2D eigenvalue weighted by molar-refractivity contribution is 7.91. The highest BCUT2D eigenvalue weighted by Crippen LogP contribution is 2.23. The zero-order valence-electron chi connectivity index (χ0n) is 13.9. The molecule has 6 nitrogen and oxygen atoms in total. The maximum absolute atomic E-state index is 12.4. The van der Waals surface area contributed by atoms with Gasteiger partial charge < -0.3 is 9.64 Å². The molecule has 0 aromatic carbocycles. The van der Waals surface area contributed by atoms with Gasteiger partial charge in [-0.1, -0.05) is 0 Å². The molecule has 1 aliphatic heterocycles. The Morgan fingerprint density at radius 1 is 1.35 bits per heavy atom. The SMILES string of the molecule is CC(C)(C)OC(=O)N1CCCC(CS(=O)(=O)c2ccncc2)C1. The Morgan fingerprint density at radius 3 is 2.61 bits per heavy atom. The van der Waals surface area contributed by atoms with Gasteiger partial charge in [-0.05, 0) is 51.7 Å². The van der Waals surface area contributed by atoms with Crippen molar-refractivity contribution in [2.45, 2.75) is 44.1 Å². The molecule has 0 bridgehead atoms. The molecule has 1 amide bonds. The average molecular weight is 340 g/mol. The molecule has 2 rings (SSSR count). The van der Waals surface area contributed by atoms with Crippen molar-refractivity contribution in [2.75, 3.05) is 18.8 Å². The molecule has 0 N–H and O–H groups in total. The lowest BCUT2D eigenvalue weighted by Crippen LogP contribution is -2.44. The first-order chi connectivity index (χ1) is 10.7. The minimum Gasteiger partial charge on any atom is -0.444 e. The number of amides is 1. The minimum atomic E-state index is -3.36. The molecule has 0 radical (unpaired) electrons. The summed E-state index contributed by atoms with van der Waals surface area (Å²) < 4.78 is 30.3. The van der Waals surface area contributed by atoms with Crippen molar-refractivity contribution in [1.29, 1.82) is 0 Å². The van der Waals surface area contributed by atoms with Gasteiger partial charge in [0.1, 0.15) is 5.60 Å². The van der Waals surface area contributed by atoms with E-state index in [1.807, 2.05) is 20.8 Å². The summed E-state index contributed by atoms with van der Waals surface area (Å²) in [5.74, 6) is -0.0366. The third kappa shape index (κ3) is 5.20. The van der Waals surface area contributed by atoms with Gasteiger partial charge in [0, 0.05) is 25.5 Å². The van der Waals surface area contributed by atoms with Gasteiger partial charge in [-0.2, -0.15) is 0 Å². The summed E-state index contributed by atoms with van der Waals surface area (Å²) in [7, 11) is -3.36. The van der Waals surface area contributed by atoms with Gasteiger partial charge in [0.05, 0.1) is 10.6 Å². The van der Waals surface area contributed by atoms with Crippen LogP contribution in [0, 0.1) is 5.92 Å². The second-order valence-electron chi connectivity index (χ2n) is 6.90. The molecule has 0 spiro atoms. The first-order valence-electron chi connectivity index (χ1n) is 7.78. The normalized spacial score (nSPS) is 19.4. The average Bonchev–Trinajstić information content (AvgIpc) is 2.46. The summed E-state index contributed by atoms with van der Waals surface area (Å²) in [6.07, 6.45) is 4.16. The van der Waals surface area contributed by atoms with Crippen molar-refractivity contribution in [3.63, 3.8) is 0 Å². The molecule has 1 saturated heterocycles. The number of likely N-dealkylation sites (tertiary alicyclic amines) is 1. The number of carbonyl (C=O) groups is 1. The van der Waals surface area contributed by atoms with Crippen LogP contribution in [0.1, 0.15) is 33.6 Å². The van der Waals surface area contributed by atoms with E-state index < -0.39 is 15.4 Å². The van der Waals surface area contributed by atoms with Crippen LogP contribution in [0.15, 0.2) is 29.4 Å². The molecule has 1 aliphatic rings. The van der Waals surface area contributed by atoms with E-state index in [0.717, 1.165) is 12.8 Å². The van der Waals surface area contributed by atoms with Gasteiger partial charge in [-0.25, -0.2) is 13.2 Å². The van der Waals surface area contributed by atoms with E-state index in [0.29, 0.717) is 13.1 Å². The van der Waals surface area contributed by atoms with Crippen molar-refractivity contribution in [3.05, 3.63) is 24.5 Å². The van der Waals surface area contributed by atoms with Crippen LogP contribution in [0.2, 0.25) is 0 Å². The lowest BCUT2D eigenvalue weighted by atomic mass is 10.0. The maximum atomic E-state index is 12.4. The first kappa shape index (κ1) is 17.7. The van der Waals surface area contributed by atoms with Crippen LogP contribution in [0.3, 0.4) is 0 Å². The predicted molar refractivity (Wildman–Crippen MR) is 86.8 cm³/mol. The smallest absolute Gasteiger partial charge is 0.410 e. The number of nitrogens with zero attached hydrogens (tertiary/aromatic N) is 2. The van der Waals surface area contributed by atoms with E-state index in [9.17, 15) is 13.2 Å². The van der Waals surface area contributed by atoms with Crippen molar-refractivity contribution in [3.8, 4) is 0 Å². The molecule has 2 heterocycles. The molecular weight excluding hydrogens is 316 g/mol. The van der Waals surface area contributed by atoms with Crippen LogP contribution in [-0.4, -0.2) is 48.8 Å². The van der Waals surface area contributed by atoms with Gasteiger partial charge in [0.2, 0.25) is 0 Å². The zero-order chi connectivity index (χ0) is 17.1. The van der Waals surface area contributed by atoms with Crippen molar-refractivity contribution < 1.29 is 17.9 Å². The van der Waals surface area contributed by atoms with Gasteiger partial charge in [0.25, 0.3) is 0 Å². The van der Waals surface area contributed by atoms with Crippen LogP contribution >= 0.6 is 0 Å². The number of aromatic nitrogens is 1. The maximum Gasteiger partial charge on any atom is 0.410 e. The van der Waals surface area contributed by atoms with Gasteiger partial charge in [0.15, 0.2) is 9.84 Å². The van der Waals surface area contributed by atoms with Crippen LogP contribution in [0.25, 0.3) is 0 Å². The first-order valence-corrected chi connectivity index (χ1v) is 9.43. The van der Waals surface area contributed by atoms with E-state index in [4.69, 9.17) is 4.74 Å². The molecule has 1 atom stereocenters. The molecule has 0 saturated carbocycles. The van der Waals surface area contributed by atoms with Gasteiger partial charge >= 0.3 is 6.09 Å². The third-order valence-electron chi connectivity index (χ3n) is 3.63. The number of hydrogen-bond acceptors (Lipinski definition) is 5. The fourth-order valence-electron chi connectivity index (χ4n) is 2.65. The molecular formula is C16H24N2O4S. The fourth-order valence-corrected chi connectivity index (χ4v) is 4.27. The highest BCUT2D eigenvalue weighted by atomic mass is 32.2. The molecule has 1 aromatic heterocycles. The number of ether oxygens (including phenoxy) is 1. The van der Waals surface area contributed by atoms with Gasteiger partial charge in [-0.15, -0.1) is 0 Å². The lowest BCUT2D eigenvalue weighted by molar-refractivity contribution is 0.0176. The number of sulfone groups is 1. The van der Waals surface area contributed by atoms with Crippen molar-refractivity contribution in [2.24, 2.45) is 5.92 Å². The highest BCUT2D eigenvalue weighted by Gasteiger charge is 2.30. The summed E-state index contributed by atoms with van der Waals surface area (Å²) in [4.78, 5) is 17.9. The lowest BCUT2D eigenvalue weighted by Gasteiger charge is -2.34. The number of carbonyl (C=O) groups excluding carboxylic acids is 1. The number of piperidine rings is 1. The van der Waals surface area contributed by atoms with Crippen LogP contribution in [0.5, 0.6) is 0 Å². The Kier molecular flexibility index (Phi) is 5.29. The summed E-state index contributed by atoms with van der Waals surface area (Å²) >= 11 is 0. The van der Waals surface area contributed by atoms with Gasteiger partial charge in [-0.3, -0.25) is 4.98 Å². The minimum absolute atomic E-state index is 0.0380. The van der Waals surface area contributed by atoms with E-state index in [2.05, 4.69) is 4.98 Å². The molecule has 1 unspecified atom stereocenters. The van der Waals surface area contributed by atoms with Crippen molar-refractivity contribution in [1.82, 2.24) is 9.88 Å². The van der Waals surface area contributed by atoms with E-state index in [-0.39, 0.29) is 22.7 Å². The molecule has 1 fully saturated rings. The summed E-state index contributed by atoms with van der Waals surface area (Å²) in [6, 6.07) is 3.01. The molecule has 0 aliphatic carbocycles. The van der Waals surface area contributed by atoms with E-state index in [1.54, 1.807) is 4.90 Å². The van der Waals surface area contributed by atoms with Crippen LogP contribution in [-0.2, 0) is 14.6 Å². The Morgan fingerprint density at radius 2 is 2.00 bits per heavy atom. The summed E-state index contributed by atoms with van der Waals surface area (Å²) in [6.45, 7) is 6.49. The third-order valence-corrected chi connectivity index (χ3v) is 5.54. The number of rotatable bonds is 3. The topological polar surface area (TPSA) is 76.6 Å². The molecule has 1 aromatic rings. The molecule has 128 valence electrons. The quantitative estimate of drug-likeness (QED) is 0.845. The monoisotopic (exact) mass is 340 g/mol. The predicted octanol–water partition coefficient (Wildman–Crippen LogP) is 2.50. The Bertz CT molecular complexity index is 638. The Labute approximate surface area is 137 Å². The van der Waals surface area contributed by atoms with E-state index in [1.165, 1.54) is 24.5 Å². The standard InChI is InChI=1S/C16H24N2O4S/c1-16(2,3)22-15(19)18-10-4-5-13(11-18)12-23(20,21)14-6-8-17-9-7-14/h6-9,13H,4-5,10-12H2,1-3H3. The summed E-state index contributed by atoms with van der Waals surface area (Å²) in [5.41, 5.74) is -0.548. The largest absolute Gasteiger partial charge is 0.444 e.